The van der Waals surface area contributed by atoms with Crippen LogP contribution in [0.25, 0.3) is 0 Å². The lowest BCUT2D eigenvalue weighted by molar-refractivity contribution is 0.0739. The van der Waals surface area contributed by atoms with E-state index in [1.54, 1.807) is 12.4 Å². The second kappa shape index (κ2) is 5.98. The molecular formula is C16H20N6O. The van der Waals surface area contributed by atoms with Crippen LogP contribution in [0.1, 0.15) is 34.6 Å². The molecule has 1 saturated heterocycles. The highest BCUT2D eigenvalue weighted by Crippen LogP contribution is 2.23. The van der Waals surface area contributed by atoms with E-state index in [0.717, 1.165) is 49.6 Å². The van der Waals surface area contributed by atoms with Gasteiger partial charge in [0, 0.05) is 49.8 Å². The summed E-state index contributed by atoms with van der Waals surface area (Å²) in [6.07, 6.45) is 7.79. The van der Waals surface area contributed by atoms with Crippen LogP contribution in [0, 0.1) is 0 Å². The van der Waals surface area contributed by atoms with Crippen molar-refractivity contribution in [2.45, 2.75) is 25.7 Å². The summed E-state index contributed by atoms with van der Waals surface area (Å²) in [7, 11) is 0. The van der Waals surface area contributed by atoms with E-state index in [4.69, 9.17) is 0 Å². The third-order valence-corrected chi connectivity index (χ3v) is 4.66. The molecule has 3 heterocycles. The number of nitrogens with zero attached hydrogens (tertiary/aromatic N) is 5. The molecule has 0 bridgehead atoms. The topological polar surface area (TPSA) is 78.0 Å². The molecule has 1 aliphatic carbocycles. The maximum atomic E-state index is 12.8. The van der Waals surface area contributed by atoms with Crippen LogP contribution in [-0.2, 0) is 12.8 Å². The van der Waals surface area contributed by atoms with Gasteiger partial charge in [0.05, 0.1) is 0 Å². The van der Waals surface area contributed by atoms with E-state index in [9.17, 15) is 4.79 Å². The zero-order valence-electron chi connectivity index (χ0n) is 13.0. The average molecular weight is 312 g/mol. The molecule has 7 heteroatoms. The van der Waals surface area contributed by atoms with E-state index in [-0.39, 0.29) is 5.91 Å². The first-order valence-corrected chi connectivity index (χ1v) is 8.20. The third kappa shape index (κ3) is 2.67. The molecule has 7 nitrogen and oxygen atoms in total. The molecule has 0 radical (unpaired) electrons. The van der Waals surface area contributed by atoms with Crippen LogP contribution in [0.3, 0.4) is 0 Å². The maximum absolute atomic E-state index is 12.8. The summed E-state index contributed by atoms with van der Waals surface area (Å²) in [5, 5.41) is 7.35. The number of H-pyrrole nitrogens is 1. The van der Waals surface area contributed by atoms with Gasteiger partial charge >= 0.3 is 0 Å². The summed E-state index contributed by atoms with van der Waals surface area (Å²) in [5.74, 6) is 0.787. The molecule has 0 atom stereocenters. The molecule has 0 unspecified atom stereocenters. The standard InChI is InChI=1S/C16H20N6O/c23-15(14-12-4-1-2-5-13(12)19-20-14)21-8-10-22(11-9-21)16-17-6-3-7-18-16/h3,6-7H,1-2,4-5,8-11H2,(H,19,20). The number of aromatic amines is 1. The van der Waals surface area contributed by atoms with Gasteiger partial charge in [-0.1, -0.05) is 0 Å². The van der Waals surface area contributed by atoms with Crippen LogP contribution >= 0.6 is 0 Å². The van der Waals surface area contributed by atoms with Crippen molar-refractivity contribution in [2.75, 3.05) is 31.1 Å². The van der Waals surface area contributed by atoms with E-state index in [1.807, 2.05) is 11.0 Å². The maximum Gasteiger partial charge on any atom is 0.274 e. The number of carbonyl (C=O) groups is 1. The fraction of sp³-hybridized carbons (Fsp3) is 0.500. The average Bonchev–Trinajstić information content (AvgIpc) is 3.06. The first-order chi connectivity index (χ1) is 11.3. The fourth-order valence-corrected chi connectivity index (χ4v) is 3.37. The molecule has 1 fully saturated rings. The van der Waals surface area contributed by atoms with E-state index in [0.29, 0.717) is 18.8 Å². The van der Waals surface area contributed by atoms with Crippen LogP contribution < -0.4 is 4.90 Å². The van der Waals surface area contributed by atoms with E-state index in [1.165, 1.54) is 6.42 Å². The van der Waals surface area contributed by atoms with Gasteiger partial charge in [-0.2, -0.15) is 5.10 Å². The van der Waals surface area contributed by atoms with Crippen molar-refractivity contribution in [3.8, 4) is 0 Å². The Balaban J connectivity index is 1.44. The molecule has 1 amide bonds. The second-order valence-electron chi connectivity index (χ2n) is 6.06. The normalized spacial score (nSPS) is 17.9. The van der Waals surface area contributed by atoms with Crippen LogP contribution in [0.2, 0.25) is 0 Å². The molecule has 0 spiro atoms. The Labute approximate surface area is 134 Å². The lowest BCUT2D eigenvalue weighted by Gasteiger charge is -2.34. The van der Waals surface area contributed by atoms with Crippen molar-refractivity contribution in [3.05, 3.63) is 35.4 Å². The summed E-state index contributed by atoms with van der Waals surface area (Å²) in [6.45, 7) is 2.86. The van der Waals surface area contributed by atoms with Gasteiger partial charge in [0.15, 0.2) is 5.69 Å². The van der Waals surface area contributed by atoms with Gasteiger partial charge in [0.2, 0.25) is 5.95 Å². The summed E-state index contributed by atoms with van der Waals surface area (Å²) in [6, 6.07) is 1.81. The molecule has 23 heavy (non-hydrogen) atoms. The summed E-state index contributed by atoms with van der Waals surface area (Å²) >= 11 is 0. The number of aryl methyl sites for hydroxylation is 1. The predicted molar refractivity (Wildman–Crippen MR) is 85.4 cm³/mol. The summed E-state index contributed by atoms with van der Waals surface area (Å²) in [4.78, 5) is 25.3. The number of piperazine rings is 1. The number of hydrogen-bond donors (Lipinski definition) is 1. The van der Waals surface area contributed by atoms with Crippen molar-refractivity contribution in [1.82, 2.24) is 25.1 Å². The van der Waals surface area contributed by atoms with E-state index in [2.05, 4.69) is 25.1 Å². The Bertz CT molecular complexity index is 690. The first kappa shape index (κ1) is 14.2. The minimum Gasteiger partial charge on any atom is -0.337 e. The highest BCUT2D eigenvalue weighted by molar-refractivity contribution is 5.94. The Morgan fingerprint density at radius 2 is 1.78 bits per heavy atom. The van der Waals surface area contributed by atoms with Gasteiger partial charge in [-0.25, -0.2) is 9.97 Å². The zero-order valence-corrected chi connectivity index (χ0v) is 13.0. The van der Waals surface area contributed by atoms with Crippen molar-refractivity contribution in [2.24, 2.45) is 0 Å². The molecule has 120 valence electrons. The number of hydrogen-bond acceptors (Lipinski definition) is 5. The third-order valence-electron chi connectivity index (χ3n) is 4.66. The van der Waals surface area contributed by atoms with Gasteiger partial charge in [0.1, 0.15) is 0 Å². The van der Waals surface area contributed by atoms with Crippen molar-refractivity contribution >= 4 is 11.9 Å². The molecule has 1 N–H and O–H groups in total. The minimum absolute atomic E-state index is 0.0537. The highest BCUT2D eigenvalue weighted by Gasteiger charge is 2.28. The number of carbonyl (C=O) groups excluding carboxylic acids is 1. The number of rotatable bonds is 2. The lowest BCUT2D eigenvalue weighted by atomic mass is 9.95. The first-order valence-electron chi connectivity index (χ1n) is 8.20. The van der Waals surface area contributed by atoms with E-state index >= 15 is 0 Å². The Hall–Kier alpha value is -2.44. The molecule has 2 aromatic rings. The van der Waals surface area contributed by atoms with Crippen LogP contribution in [0.5, 0.6) is 0 Å². The lowest BCUT2D eigenvalue weighted by Crippen LogP contribution is -2.49. The van der Waals surface area contributed by atoms with Crippen LogP contribution in [-0.4, -0.2) is 57.2 Å². The van der Waals surface area contributed by atoms with Gasteiger partial charge in [0.25, 0.3) is 5.91 Å². The summed E-state index contributed by atoms with van der Waals surface area (Å²) in [5.41, 5.74) is 2.91. The SMILES string of the molecule is O=C(c1n[nH]c2c1CCCC2)N1CCN(c2ncccn2)CC1. The number of amides is 1. The smallest absolute Gasteiger partial charge is 0.274 e. The molecule has 0 aromatic carbocycles. The highest BCUT2D eigenvalue weighted by atomic mass is 16.2. The van der Waals surface area contributed by atoms with Gasteiger partial charge in [-0.05, 0) is 31.7 Å². The number of nitrogens with one attached hydrogen (secondary N) is 1. The quantitative estimate of drug-likeness (QED) is 0.896. The van der Waals surface area contributed by atoms with Crippen molar-refractivity contribution < 1.29 is 4.79 Å². The monoisotopic (exact) mass is 312 g/mol. The number of aromatic nitrogens is 4. The molecule has 0 saturated carbocycles. The van der Waals surface area contributed by atoms with Crippen molar-refractivity contribution in [1.29, 1.82) is 0 Å². The van der Waals surface area contributed by atoms with Gasteiger partial charge in [-0.3, -0.25) is 9.89 Å². The number of fused-ring (bicyclic) bond motifs is 1. The minimum atomic E-state index is 0.0537. The fourth-order valence-electron chi connectivity index (χ4n) is 3.37. The Kier molecular flexibility index (Phi) is 3.69. The number of anilines is 1. The predicted octanol–water partition coefficient (Wildman–Crippen LogP) is 1.04. The van der Waals surface area contributed by atoms with E-state index < -0.39 is 0 Å². The van der Waals surface area contributed by atoms with Gasteiger partial charge < -0.3 is 9.80 Å². The molecule has 4 rings (SSSR count). The zero-order chi connectivity index (χ0) is 15.6. The Morgan fingerprint density at radius 3 is 2.57 bits per heavy atom. The van der Waals surface area contributed by atoms with Gasteiger partial charge in [-0.15, -0.1) is 0 Å². The molecular weight excluding hydrogens is 292 g/mol. The summed E-state index contributed by atoms with van der Waals surface area (Å²) < 4.78 is 0. The second-order valence-corrected chi connectivity index (χ2v) is 6.06. The largest absolute Gasteiger partial charge is 0.337 e. The van der Waals surface area contributed by atoms with Crippen LogP contribution in [0.4, 0.5) is 5.95 Å². The Morgan fingerprint density at radius 1 is 1.04 bits per heavy atom. The molecule has 2 aromatic heterocycles. The van der Waals surface area contributed by atoms with Crippen molar-refractivity contribution in [3.63, 3.8) is 0 Å². The van der Waals surface area contributed by atoms with Crippen LogP contribution in [0.15, 0.2) is 18.5 Å². The molecule has 2 aliphatic rings. The molecule has 1 aliphatic heterocycles.